The monoisotopic (exact) mass is 283 g/mol. The molecular formula is C15H17N5O. The third-order valence-corrected chi connectivity index (χ3v) is 3.37. The van der Waals surface area contributed by atoms with E-state index in [0.717, 1.165) is 32.0 Å². The summed E-state index contributed by atoms with van der Waals surface area (Å²) in [4.78, 5) is 22.6. The highest BCUT2D eigenvalue weighted by molar-refractivity contribution is 6.03. The van der Waals surface area contributed by atoms with Gasteiger partial charge in [-0.2, -0.15) is 0 Å². The van der Waals surface area contributed by atoms with E-state index >= 15 is 0 Å². The molecule has 0 radical (unpaired) electrons. The van der Waals surface area contributed by atoms with Crippen LogP contribution < -0.4 is 15.5 Å². The smallest absolute Gasteiger partial charge is 0.257 e. The number of nitrogens with zero attached hydrogens (tertiary/aromatic N) is 3. The molecule has 6 nitrogen and oxygen atoms in total. The fraction of sp³-hybridized carbons (Fsp3) is 0.267. The molecule has 0 atom stereocenters. The summed E-state index contributed by atoms with van der Waals surface area (Å²) in [6.45, 7) is 3.85. The van der Waals surface area contributed by atoms with Gasteiger partial charge in [-0.3, -0.25) is 9.78 Å². The van der Waals surface area contributed by atoms with Crippen molar-refractivity contribution in [3.8, 4) is 0 Å². The second-order valence-corrected chi connectivity index (χ2v) is 4.84. The average molecular weight is 283 g/mol. The molecule has 6 heteroatoms. The zero-order valence-electron chi connectivity index (χ0n) is 11.6. The molecule has 0 bridgehead atoms. The number of hydrogen-bond donors (Lipinski definition) is 2. The van der Waals surface area contributed by atoms with Gasteiger partial charge in [-0.15, -0.1) is 0 Å². The third-order valence-electron chi connectivity index (χ3n) is 3.37. The molecule has 0 unspecified atom stereocenters. The van der Waals surface area contributed by atoms with Crippen molar-refractivity contribution in [3.05, 3.63) is 48.4 Å². The van der Waals surface area contributed by atoms with Crippen molar-refractivity contribution in [2.75, 3.05) is 36.4 Å². The lowest BCUT2D eigenvalue weighted by Crippen LogP contribution is -2.43. The Balaban J connectivity index is 1.65. The fourth-order valence-corrected chi connectivity index (χ4v) is 2.24. The molecule has 3 heterocycles. The van der Waals surface area contributed by atoms with Gasteiger partial charge >= 0.3 is 0 Å². The summed E-state index contributed by atoms with van der Waals surface area (Å²) in [6.07, 6.45) is 4.87. The second-order valence-electron chi connectivity index (χ2n) is 4.84. The highest BCUT2D eigenvalue weighted by atomic mass is 16.1. The van der Waals surface area contributed by atoms with Crippen LogP contribution in [0.1, 0.15) is 10.4 Å². The van der Waals surface area contributed by atoms with Crippen LogP contribution >= 0.6 is 0 Å². The number of nitrogens with one attached hydrogen (secondary N) is 2. The van der Waals surface area contributed by atoms with Gasteiger partial charge in [-0.25, -0.2) is 4.98 Å². The van der Waals surface area contributed by atoms with E-state index in [1.54, 1.807) is 24.5 Å². The van der Waals surface area contributed by atoms with E-state index in [1.807, 2.05) is 12.1 Å². The molecule has 1 amide bonds. The fourth-order valence-electron chi connectivity index (χ4n) is 2.24. The van der Waals surface area contributed by atoms with Crippen LogP contribution in [-0.2, 0) is 0 Å². The van der Waals surface area contributed by atoms with Crippen molar-refractivity contribution in [2.24, 2.45) is 0 Å². The average Bonchev–Trinajstić information content (AvgIpc) is 2.57. The number of aromatic nitrogens is 2. The van der Waals surface area contributed by atoms with Crippen molar-refractivity contribution in [1.29, 1.82) is 0 Å². The van der Waals surface area contributed by atoms with E-state index in [4.69, 9.17) is 0 Å². The standard InChI is InChI=1S/C15H17N5O/c21-15(12-2-1-5-17-10-12)19-13-3-4-14(18-11-13)20-8-6-16-7-9-20/h1-5,10-11,16H,6-9H2,(H,19,21). The molecule has 1 aliphatic heterocycles. The maximum Gasteiger partial charge on any atom is 0.257 e. The van der Waals surface area contributed by atoms with Gasteiger partial charge in [0.2, 0.25) is 0 Å². The number of piperazine rings is 1. The summed E-state index contributed by atoms with van der Waals surface area (Å²) >= 11 is 0. The van der Waals surface area contributed by atoms with Crippen LogP contribution in [0.5, 0.6) is 0 Å². The number of amides is 1. The van der Waals surface area contributed by atoms with Crippen LogP contribution in [0.2, 0.25) is 0 Å². The predicted molar refractivity (Wildman–Crippen MR) is 81.5 cm³/mol. The first-order valence-electron chi connectivity index (χ1n) is 6.96. The van der Waals surface area contributed by atoms with E-state index in [0.29, 0.717) is 11.3 Å². The molecule has 108 valence electrons. The van der Waals surface area contributed by atoms with Crippen LogP contribution in [0.15, 0.2) is 42.9 Å². The Labute approximate surface area is 123 Å². The number of rotatable bonds is 3. The summed E-state index contributed by atoms with van der Waals surface area (Å²) in [6, 6.07) is 7.27. The van der Waals surface area contributed by atoms with Gasteiger partial charge in [-0.05, 0) is 24.3 Å². The molecule has 0 aromatic carbocycles. The summed E-state index contributed by atoms with van der Waals surface area (Å²) < 4.78 is 0. The van der Waals surface area contributed by atoms with Crippen molar-refractivity contribution < 1.29 is 4.79 Å². The summed E-state index contributed by atoms with van der Waals surface area (Å²) in [7, 11) is 0. The van der Waals surface area contributed by atoms with Crippen LogP contribution in [0.3, 0.4) is 0 Å². The van der Waals surface area contributed by atoms with Gasteiger partial charge < -0.3 is 15.5 Å². The van der Waals surface area contributed by atoms with E-state index in [9.17, 15) is 4.79 Å². The Morgan fingerprint density at radius 2 is 2.05 bits per heavy atom. The minimum Gasteiger partial charge on any atom is -0.354 e. The van der Waals surface area contributed by atoms with Gasteiger partial charge in [0.15, 0.2) is 0 Å². The quantitative estimate of drug-likeness (QED) is 0.884. The van der Waals surface area contributed by atoms with Crippen molar-refractivity contribution >= 4 is 17.4 Å². The summed E-state index contributed by atoms with van der Waals surface area (Å²) in [5, 5.41) is 6.12. The number of pyridine rings is 2. The second kappa shape index (κ2) is 6.32. The SMILES string of the molecule is O=C(Nc1ccc(N2CCNCC2)nc1)c1cccnc1. The molecule has 1 fully saturated rings. The van der Waals surface area contributed by atoms with E-state index < -0.39 is 0 Å². The zero-order chi connectivity index (χ0) is 14.5. The Morgan fingerprint density at radius 1 is 1.19 bits per heavy atom. The highest BCUT2D eigenvalue weighted by Gasteiger charge is 2.12. The summed E-state index contributed by atoms with van der Waals surface area (Å²) in [5.74, 6) is 0.760. The molecule has 2 aromatic heterocycles. The first kappa shape index (κ1) is 13.5. The molecule has 2 aromatic rings. The lowest BCUT2D eigenvalue weighted by Gasteiger charge is -2.28. The molecule has 0 aliphatic carbocycles. The van der Waals surface area contributed by atoms with Gasteiger partial charge in [0, 0.05) is 38.6 Å². The highest BCUT2D eigenvalue weighted by Crippen LogP contribution is 2.15. The largest absolute Gasteiger partial charge is 0.354 e. The number of anilines is 2. The van der Waals surface area contributed by atoms with Crippen molar-refractivity contribution in [1.82, 2.24) is 15.3 Å². The Hall–Kier alpha value is -2.47. The first-order valence-corrected chi connectivity index (χ1v) is 6.96. The van der Waals surface area contributed by atoms with Crippen LogP contribution in [0.4, 0.5) is 11.5 Å². The number of carbonyl (C=O) groups excluding carboxylic acids is 1. The zero-order valence-corrected chi connectivity index (χ0v) is 11.6. The lowest BCUT2D eigenvalue weighted by molar-refractivity contribution is 0.102. The third kappa shape index (κ3) is 3.35. The molecule has 0 spiro atoms. The van der Waals surface area contributed by atoms with Crippen LogP contribution in [0.25, 0.3) is 0 Å². The minimum atomic E-state index is -0.181. The molecule has 1 saturated heterocycles. The maximum atomic E-state index is 12.0. The van der Waals surface area contributed by atoms with E-state index in [2.05, 4.69) is 25.5 Å². The Morgan fingerprint density at radius 3 is 2.71 bits per heavy atom. The molecule has 1 aliphatic rings. The van der Waals surface area contributed by atoms with Crippen LogP contribution in [0, 0.1) is 0 Å². The van der Waals surface area contributed by atoms with E-state index in [-0.39, 0.29) is 5.91 Å². The Kier molecular flexibility index (Phi) is 4.07. The summed E-state index contributed by atoms with van der Waals surface area (Å²) in [5.41, 5.74) is 1.21. The first-order chi connectivity index (χ1) is 10.3. The minimum absolute atomic E-state index is 0.181. The molecule has 21 heavy (non-hydrogen) atoms. The van der Waals surface area contributed by atoms with Gasteiger partial charge in [-0.1, -0.05) is 0 Å². The molecule has 0 saturated carbocycles. The lowest BCUT2D eigenvalue weighted by atomic mass is 10.2. The van der Waals surface area contributed by atoms with Crippen molar-refractivity contribution in [3.63, 3.8) is 0 Å². The molecule has 2 N–H and O–H groups in total. The predicted octanol–water partition coefficient (Wildman–Crippen LogP) is 1.14. The Bertz CT molecular complexity index is 593. The van der Waals surface area contributed by atoms with Crippen LogP contribution in [-0.4, -0.2) is 42.1 Å². The maximum absolute atomic E-state index is 12.0. The van der Waals surface area contributed by atoms with Gasteiger partial charge in [0.1, 0.15) is 5.82 Å². The van der Waals surface area contributed by atoms with Crippen molar-refractivity contribution in [2.45, 2.75) is 0 Å². The van der Waals surface area contributed by atoms with E-state index in [1.165, 1.54) is 6.20 Å². The van der Waals surface area contributed by atoms with Gasteiger partial charge in [0.05, 0.1) is 17.4 Å². The molecule has 3 rings (SSSR count). The van der Waals surface area contributed by atoms with Gasteiger partial charge in [0.25, 0.3) is 5.91 Å². The molecular weight excluding hydrogens is 266 g/mol. The number of carbonyl (C=O) groups is 1. The topological polar surface area (TPSA) is 70.2 Å². The normalized spacial score (nSPS) is 14.8. The number of hydrogen-bond acceptors (Lipinski definition) is 5.